The van der Waals surface area contributed by atoms with Gasteiger partial charge >= 0.3 is 5.69 Å². The Labute approximate surface area is 170 Å². The minimum Gasteiger partial charge on any atom is -0.327 e. The maximum absolute atomic E-state index is 12.7. The first-order chi connectivity index (χ1) is 13.5. The van der Waals surface area contributed by atoms with Crippen LogP contribution in [0.5, 0.6) is 0 Å². The van der Waals surface area contributed by atoms with Crippen LogP contribution in [0.4, 0.5) is 0 Å². The lowest BCUT2D eigenvalue weighted by Crippen LogP contribution is -2.40. The van der Waals surface area contributed by atoms with Crippen molar-refractivity contribution in [2.24, 2.45) is 0 Å². The first kappa shape index (κ1) is 20.4. The van der Waals surface area contributed by atoms with Crippen LogP contribution in [0.25, 0.3) is 11.2 Å². The van der Waals surface area contributed by atoms with Crippen LogP contribution < -0.4 is 11.2 Å². The summed E-state index contributed by atoms with van der Waals surface area (Å²) in [5.74, 6) is 0.0827. The first-order valence-electron chi connectivity index (χ1n) is 9.11. The molecule has 148 valence electrons. The molecule has 1 aromatic carbocycles. The number of benzene rings is 1. The van der Waals surface area contributed by atoms with Gasteiger partial charge in [0.2, 0.25) is 0 Å². The molecule has 0 aliphatic heterocycles. The molecule has 0 amide bonds. The Morgan fingerprint density at radius 2 is 1.75 bits per heavy atom. The second-order valence-corrected chi connectivity index (χ2v) is 7.75. The lowest BCUT2D eigenvalue weighted by atomic mass is 10.1. The zero-order valence-corrected chi connectivity index (χ0v) is 17.3. The lowest BCUT2D eigenvalue weighted by molar-refractivity contribution is 0.102. The molecule has 28 heavy (non-hydrogen) atoms. The molecule has 9 heteroatoms. The van der Waals surface area contributed by atoms with Crippen molar-refractivity contribution in [2.75, 3.05) is 5.75 Å². The summed E-state index contributed by atoms with van der Waals surface area (Å²) in [7, 11) is 0. The fourth-order valence-electron chi connectivity index (χ4n) is 2.91. The van der Waals surface area contributed by atoms with Crippen LogP contribution in [-0.4, -0.2) is 30.6 Å². The smallest absolute Gasteiger partial charge is 0.327 e. The maximum atomic E-state index is 12.7. The largest absolute Gasteiger partial charge is 0.332 e. The van der Waals surface area contributed by atoms with Crippen molar-refractivity contribution < 1.29 is 4.79 Å². The van der Waals surface area contributed by atoms with Crippen molar-refractivity contribution in [3.63, 3.8) is 0 Å². The van der Waals surface area contributed by atoms with Crippen LogP contribution in [0.3, 0.4) is 0 Å². The molecule has 0 unspecified atom stereocenters. The molecule has 0 atom stereocenters. The van der Waals surface area contributed by atoms with Gasteiger partial charge in [-0.2, -0.15) is 0 Å². The average molecular weight is 421 g/mol. The van der Waals surface area contributed by atoms with Crippen molar-refractivity contribution in [2.45, 2.75) is 44.9 Å². The van der Waals surface area contributed by atoms with Gasteiger partial charge in [-0.25, -0.2) is 9.78 Å². The van der Waals surface area contributed by atoms with Crippen molar-refractivity contribution in [1.82, 2.24) is 19.1 Å². The third-order valence-corrected chi connectivity index (χ3v) is 5.37. The summed E-state index contributed by atoms with van der Waals surface area (Å²) in [5.41, 5.74) is 0.467. The molecule has 0 aliphatic carbocycles. The molecular formula is C19H21ClN4O3S. The molecule has 0 radical (unpaired) electrons. The number of aromatic nitrogens is 4. The number of aryl methyl sites for hydroxylation is 1. The molecule has 0 spiro atoms. The average Bonchev–Trinajstić information content (AvgIpc) is 3.11. The van der Waals surface area contributed by atoms with E-state index in [1.165, 1.54) is 20.9 Å². The van der Waals surface area contributed by atoms with E-state index in [-0.39, 0.29) is 22.8 Å². The van der Waals surface area contributed by atoms with Crippen LogP contribution >= 0.6 is 23.4 Å². The van der Waals surface area contributed by atoms with Crippen molar-refractivity contribution in [3.05, 3.63) is 55.7 Å². The number of imidazole rings is 1. The van der Waals surface area contributed by atoms with Gasteiger partial charge in [0.1, 0.15) is 0 Å². The number of nitrogens with zero attached hydrogens (tertiary/aromatic N) is 3. The van der Waals surface area contributed by atoms with Crippen LogP contribution in [-0.2, 0) is 13.1 Å². The normalized spacial score (nSPS) is 11.2. The lowest BCUT2D eigenvalue weighted by Gasteiger charge is -2.09. The monoisotopic (exact) mass is 420 g/mol. The zero-order chi connectivity index (χ0) is 20.3. The zero-order valence-electron chi connectivity index (χ0n) is 15.7. The van der Waals surface area contributed by atoms with E-state index in [2.05, 4.69) is 9.97 Å². The minimum atomic E-state index is -0.377. The van der Waals surface area contributed by atoms with Gasteiger partial charge in [-0.05, 0) is 37.1 Å². The van der Waals surface area contributed by atoms with Gasteiger partial charge in [0, 0.05) is 23.7 Å². The summed E-state index contributed by atoms with van der Waals surface area (Å²) in [6, 6.07) is 6.68. The SMILES string of the molecule is CCCn1c(=O)c2[nH]c(SCC(=O)c3ccc(Cl)cc3)nc2n(CCC)c1=O. The number of nitrogens with one attached hydrogen (secondary N) is 1. The number of halogens is 1. The second-order valence-electron chi connectivity index (χ2n) is 6.35. The fourth-order valence-corrected chi connectivity index (χ4v) is 3.80. The highest BCUT2D eigenvalue weighted by Gasteiger charge is 2.17. The Hall–Kier alpha value is -2.32. The highest BCUT2D eigenvalue weighted by molar-refractivity contribution is 7.99. The molecule has 0 saturated heterocycles. The quantitative estimate of drug-likeness (QED) is 0.446. The van der Waals surface area contributed by atoms with Crippen LogP contribution in [0.2, 0.25) is 5.02 Å². The molecule has 3 rings (SSSR count). The van der Waals surface area contributed by atoms with Gasteiger partial charge in [0.15, 0.2) is 22.1 Å². The van der Waals surface area contributed by atoms with Gasteiger partial charge < -0.3 is 4.98 Å². The van der Waals surface area contributed by atoms with E-state index in [1.807, 2.05) is 13.8 Å². The molecule has 2 aromatic heterocycles. The number of hydrogen-bond acceptors (Lipinski definition) is 5. The molecule has 1 N–H and O–H groups in total. The number of Topliss-reactive ketones (excluding diaryl/α,β-unsaturated/α-hetero) is 1. The first-order valence-corrected chi connectivity index (χ1v) is 10.5. The van der Waals surface area contributed by atoms with Gasteiger partial charge in [0.25, 0.3) is 5.56 Å². The standard InChI is InChI=1S/C19H21ClN4O3S/c1-3-9-23-16-15(17(26)24(10-4-2)19(23)27)21-18(22-16)28-11-14(25)12-5-7-13(20)8-6-12/h5-8H,3-4,9-11H2,1-2H3,(H,21,22). The Bertz CT molecular complexity index is 1120. The van der Waals surface area contributed by atoms with Crippen LogP contribution in [0.1, 0.15) is 37.0 Å². The number of thioether (sulfide) groups is 1. The minimum absolute atomic E-state index is 0.0727. The summed E-state index contributed by atoms with van der Waals surface area (Å²) in [5, 5.41) is 1.01. The Morgan fingerprint density at radius 3 is 2.39 bits per heavy atom. The number of ketones is 1. The molecular weight excluding hydrogens is 400 g/mol. The molecule has 0 aliphatic rings. The predicted molar refractivity (Wildman–Crippen MR) is 112 cm³/mol. The Kier molecular flexibility index (Phi) is 6.41. The van der Waals surface area contributed by atoms with Gasteiger partial charge in [-0.1, -0.05) is 37.2 Å². The van der Waals surface area contributed by atoms with Crippen molar-refractivity contribution in [1.29, 1.82) is 0 Å². The highest BCUT2D eigenvalue weighted by atomic mass is 35.5. The third-order valence-electron chi connectivity index (χ3n) is 4.24. The number of carbonyl (C=O) groups excluding carboxylic acids is 1. The van der Waals surface area contributed by atoms with Crippen LogP contribution in [0.15, 0.2) is 39.0 Å². The summed E-state index contributed by atoms with van der Waals surface area (Å²) < 4.78 is 2.76. The fraction of sp³-hybridized carbons (Fsp3) is 0.368. The van der Waals surface area contributed by atoms with Gasteiger partial charge in [-0.3, -0.25) is 18.7 Å². The molecule has 0 bridgehead atoms. The molecule has 3 aromatic rings. The Morgan fingerprint density at radius 1 is 1.11 bits per heavy atom. The molecule has 2 heterocycles. The molecule has 7 nitrogen and oxygen atoms in total. The van der Waals surface area contributed by atoms with E-state index in [0.717, 1.165) is 6.42 Å². The summed E-state index contributed by atoms with van der Waals surface area (Å²) in [6.07, 6.45) is 1.42. The van der Waals surface area contributed by atoms with Crippen molar-refractivity contribution in [3.8, 4) is 0 Å². The Balaban J connectivity index is 1.92. The van der Waals surface area contributed by atoms with Gasteiger partial charge in [0.05, 0.1) is 5.75 Å². The van der Waals surface area contributed by atoms with E-state index in [4.69, 9.17) is 11.6 Å². The number of rotatable bonds is 8. The summed E-state index contributed by atoms with van der Waals surface area (Å²) in [4.78, 5) is 45.1. The second kappa shape index (κ2) is 8.79. The topological polar surface area (TPSA) is 89.8 Å². The number of H-pyrrole nitrogens is 1. The van der Waals surface area contributed by atoms with Crippen molar-refractivity contribution >= 4 is 40.3 Å². The molecule has 0 saturated carbocycles. The van der Waals surface area contributed by atoms with E-state index in [0.29, 0.717) is 46.4 Å². The number of carbonyl (C=O) groups is 1. The highest BCUT2D eigenvalue weighted by Crippen LogP contribution is 2.19. The summed E-state index contributed by atoms with van der Waals surface area (Å²) >= 11 is 7.05. The van der Waals surface area contributed by atoms with E-state index < -0.39 is 0 Å². The summed E-state index contributed by atoms with van der Waals surface area (Å²) in [6.45, 7) is 4.70. The van der Waals surface area contributed by atoms with Crippen LogP contribution in [0, 0.1) is 0 Å². The number of fused-ring (bicyclic) bond motifs is 1. The van der Waals surface area contributed by atoms with E-state index >= 15 is 0 Å². The van der Waals surface area contributed by atoms with Gasteiger partial charge in [-0.15, -0.1) is 0 Å². The molecule has 0 fully saturated rings. The third kappa shape index (κ3) is 4.07. The maximum Gasteiger partial charge on any atom is 0.332 e. The number of hydrogen-bond donors (Lipinski definition) is 1. The van der Waals surface area contributed by atoms with E-state index in [1.54, 1.807) is 24.3 Å². The predicted octanol–water partition coefficient (Wildman–Crippen LogP) is 3.33. The number of aromatic amines is 1. The van der Waals surface area contributed by atoms with E-state index in [9.17, 15) is 14.4 Å².